The monoisotopic (exact) mass is 479 g/mol. The van der Waals surface area contributed by atoms with Gasteiger partial charge < -0.3 is 15.5 Å². The molecule has 0 aromatic carbocycles. The Morgan fingerprint density at radius 1 is 0.676 bits per heavy atom. The van der Waals surface area contributed by atoms with Crippen LogP contribution in [0.15, 0.2) is 24.3 Å². The van der Waals surface area contributed by atoms with E-state index < -0.39 is 12.1 Å². The smallest absolute Gasteiger partial charge is 0.220 e. The lowest BCUT2D eigenvalue weighted by Crippen LogP contribution is -2.44. The van der Waals surface area contributed by atoms with Crippen LogP contribution in [-0.2, 0) is 4.79 Å². The van der Waals surface area contributed by atoms with Gasteiger partial charge in [0, 0.05) is 6.42 Å². The van der Waals surface area contributed by atoms with Crippen LogP contribution in [0.1, 0.15) is 142 Å². The van der Waals surface area contributed by atoms with Crippen LogP contribution in [0.2, 0.25) is 0 Å². The normalized spacial score (nSPS) is 13.6. The lowest BCUT2D eigenvalue weighted by atomic mass is 10.0. The molecule has 0 saturated carbocycles. The Labute approximate surface area is 211 Å². The molecule has 1 amide bonds. The van der Waals surface area contributed by atoms with Crippen LogP contribution in [0, 0.1) is 0 Å². The Bertz CT molecular complexity index is 489. The van der Waals surface area contributed by atoms with Gasteiger partial charge in [0.25, 0.3) is 0 Å². The van der Waals surface area contributed by atoms with Crippen molar-refractivity contribution in [2.24, 2.45) is 0 Å². The fourth-order valence-corrected chi connectivity index (χ4v) is 4.16. The van der Waals surface area contributed by atoms with Crippen molar-refractivity contribution >= 4 is 5.91 Å². The molecule has 0 saturated heterocycles. The highest BCUT2D eigenvalue weighted by Gasteiger charge is 2.17. The van der Waals surface area contributed by atoms with Crippen LogP contribution in [0.25, 0.3) is 0 Å². The Kier molecular flexibility index (Phi) is 25.6. The van der Waals surface area contributed by atoms with Gasteiger partial charge in [-0.3, -0.25) is 4.79 Å². The van der Waals surface area contributed by atoms with Crippen molar-refractivity contribution in [1.82, 2.24) is 5.32 Å². The Morgan fingerprint density at radius 3 is 1.59 bits per heavy atom. The summed E-state index contributed by atoms with van der Waals surface area (Å²) in [5, 5.41) is 22.0. The molecule has 0 aromatic heterocycles. The average molecular weight is 480 g/mol. The molecule has 0 bridgehead atoms. The van der Waals surface area contributed by atoms with Crippen molar-refractivity contribution in [3.8, 4) is 0 Å². The number of allylic oxidation sites excluding steroid dienone is 3. The number of unbranched alkanes of at least 4 members (excludes halogenated alkanes) is 17. The molecule has 0 fully saturated rings. The van der Waals surface area contributed by atoms with Crippen LogP contribution in [0.5, 0.6) is 0 Å². The molecule has 2 atom stereocenters. The Balaban J connectivity index is 3.41. The second-order valence-electron chi connectivity index (χ2n) is 9.77. The van der Waals surface area contributed by atoms with Gasteiger partial charge in [-0.2, -0.15) is 0 Å². The van der Waals surface area contributed by atoms with Gasteiger partial charge in [0.05, 0.1) is 18.8 Å². The molecule has 34 heavy (non-hydrogen) atoms. The highest BCUT2D eigenvalue weighted by molar-refractivity contribution is 5.75. The Morgan fingerprint density at radius 2 is 1.12 bits per heavy atom. The summed E-state index contributed by atoms with van der Waals surface area (Å²) in [6.07, 6.45) is 33.0. The van der Waals surface area contributed by atoms with E-state index in [1.54, 1.807) is 13.0 Å². The molecule has 0 heterocycles. The molecule has 3 N–H and O–H groups in total. The highest BCUT2D eigenvalue weighted by Crippen LogP contribution is 2.14. The van der Waals surface area contributed by atoms with Gasteiger partial charge in [-0.15, -0.1) is 0 Å². The largest absolute Gasteiger partial charge is 0.394 e. The van der Waals surface area contributed by atoms with Crippen molar-refractivity contribution < 1.29 is 15.0 Å². The zero-order valence-corrected chi connectivity index (χ0v) is 22.6. The van der Waals surface area contributed by atoms with Gasteiger partial charge in [-0.1, -0.05) is 134 Å². The van der Waals surface area contributed by atoms with Gasteiger partial charge in [-0.25, -0.2) is 0 Å². The fourth-order valence-electron chi connectivity index (χ4n) is 4.16. The lowest BCUT2D eigenvalue weighted by molar-refractivity contribution is -0.122. The summed E-state index contributed by atoms with van der Waals surface area (Å²) < 4.78 is 0. The Hall–Kier alpha value is -1.13. The predicted octanol–water partition coefficient (Wildman–Crippen LogP) is 7.78. The molecule has 4 nitrogen and oxygen atoms in total. The van der Waals surface area contributed by atoms with Gasteiger partial charge in [0.1, 0.15) is 0 Å². The number of carbonyl (C=O) groups is 1. The molecule has 0 aliphatic carbocycles. The van der Waals surface area contributed by atoms with E-state index in [2.05, 4.69) is 24.4 Å². The van der Waals surface area contributed by atoms with E-state index in [9.17, 15) is 15.0 Å². The molecule has 200 valence electrons. The van der Waals surface area contributed by atoms with E-state index in [-0.39, 0.29) is 12.5 Å². The summed E-state index contributed by atoms with van der Waals surface area (Å²) in [4.78, 5) is 11.4. The first-order valence-corrected chi connectivity index (χ1v) is 14.6. The third-order valence-corrected chi connectivity index (χ3v) is 6.50. The maximum Gasteiger partial charge on any atom is 0.220 e. The fraction of sp³-hybridized carbons (Fsp3) is 0.833. The third-order valence-electron chi connectivity index (χ3n) is 6.50. The molecule has 4 heteroatoms. The number of rotatable bonds is 25. The van der Waals surface area contributed by atoms with Crippen molar-refractivity contribution in [3.05, 3.63) is 24.3 Å². The summed E-state index contributed by atoms with van der Waals surface area (Å²) in [6, 6.07) is -0.630. The topological polar surface area (TPSA) is 69.6 Å². The summed E-state index contributed by atoms with van der Waals surface area (Å²) in [5.41, 5.74) is 0. The predicted molar refractivity (Wildman–Crippen MR) is 147 cm³/mol. The minimum absolute atomic E-state index is 0.163. The number of nitrogens with one attached hydrogen (secondary N) is 1. The molecule has 0 aliphatic heterocycles. The van der Waals surface area contributed by atoms with Gasteiger partial charge in [0.15, 0.2) is 0 Å². The van der Waals surface area contributed by atoms with Crippen LogP contribution in [0.3, 0.4) is 0 Å². The van der Waals surface area contributed by atoms with Crippen molar-refractivity contribution in [2.45, 2.75) is 154 Å². The van der Waals surface area contributed by atoms with Crippen molar-refractivity contribution in [1.29, 1.82) is 0 Å². The van der Waals surface area contributed by atoms with Gasteiger partial charge in [-0.05, 0) is 25.7 Å². The van der Waals surface area contributed by atoms with E-state index in [0.717, 1.165) is 19.3 Å². The number of carbonyl (C=O) groups excluding carboxylic acids is 1. The molecular formula is C30H57NO3. The number of aliphatic hydroxyl groups excluding tert-OH is 2. The van der Waals surface area contributed by atoms with Gasteiger partial charge in [0.2, 0.25) is 5.91 Å². The number of hydrogen-bond acceptors (Lipinski definition) is 3. The lowest BCUT2D eigenvalue weighted by Gasteiger charge is -2.19. The average Bonchev–Trinajstić information content (AvgIpc) is 2.85. The van der Waals surface area contributed by atoms with E-state index in [0.29, 0.717) is 6.42 Å². The minimum atomic E-state index is -0.852. The molecule has 0 aliphatic rings. The number of hydrogen-bond donors (Lipinski definition) is 3. The molecule has 0 rings (SSSR count). The molecule has 0 radical (unpaired) electrons. The molecular weight excluding hydrogens is 422 g/mol. The quantitative estimate of drug-likeness (QED) is 0.0924. The van der Waals surface area contributed by atoms with E-state index in [4.69, 9.17) is 0 Å². The first kappa shape index (κ1) is 32.9. The molecule has 0 spiro atoms. The summed E-state index contributed by atoms with van der Waals surface area (Å²) in [6.45, 7) is 3.76. The van der Waals surface area contributed by atoms with Crippen molar-refractivity contribution in [3.63, 3.8) is 0 Å². The zero-order chi connectivity index (χ0) is 25.1. The first-order chi connectivity index (χ1) is 16.7. The number of aliphatic hydroxyl groups is 2. The molecule has 0 aromatic rings. The first-order valence-electron chi connectivity index (χ1n) is 14.6. The standard InChI is InChI=1S/C30H57NO3/c1-3-5-6-7-8-9-10-11-12-13-14-15-16-17-18-19-20-21-22-23-24-25-26-29(33)28(27-32)31-30(34)4-2/h21-22,25-26,28-29,32-33H,3-20,23-24,27H2,1-2H3,(H,31,34)/b22-21+,26-25+. The number of amides is 1. The summed E-state index contributed by atoms with van der Waals surface area (Å²) in [7, 11) is 0. The third kappa shape index (κ3) is 22.7. The summed E-state index contributed by atoms with van der Waals surface area (Å²) >= 11 is 0. The second-order valence-corrected chi connectivity index (χ2v) is 9.77. The van der Waals surface area contributed by atoms with Crippen LogP contribution in [0.4, 0.5) is 0 Å². The van der Waals surface area contributed by atoms with E-state index in [1.807, 2.05) is 6.08 Å². The zero-order valence-electron chi connectivity index (χ0n) is 22.6. The van der Waals surface area contributed by atoms with E-state index in [1.165, 1.54) is 103 Å². The van der Waals surface area contributed by atoms with Crippen LogP contribution >= 0.6 is 0 Å². The molecule has 2 unspecified atom stereocenters. The highest BCUT2D eigenvalue weighted by atomic mass is 16.3. The summed E-state index contributed by atoms with van der Waals surface area (Å²) in [5.74, 6) is -0.163. The minimum Gasteiger partial charge on any atom is -0.394 e. The van der Waals surface area contributed by atoms with Gasteiger partial charge >= 0.3 is 0 Å². The maximum absolute atomic E-state index is 11.4. The SMILES string of the molecule is CCCCCCCCCCCCCCCCCC/C=C/CC/C=C/C(O)C(CO)NC(=O)CC. The van der Waals surface area contributed by atoms with Crippen LogP contribution < -0.4 is 5.32 Å². The second kappa shape index (κ2) is 26.5. The maximum atomic E-state index is 11.4. The van der Waals surface area contributed by atoms with E-state index >= 15 is 0 Å². The van der Waals surface area contributed by atoms with Crippen molar-refractivity contribution in [2.75, 3.05) is 6.61 Å². The van der Waals surface area contributed by atoms with Crippen LogP contribution in [-0.4, -0.2) is 34.9 Å².